The molecule has 3 unspecified atom stereocenters. The van der Waals surface area contributed by atoms with Gasteiger partial charge >= 0.3 is 25.7 Å². The average Bonchev–Trinajstić information content (AvgIpc) is 3.20. The van der Waals surface area contributed by atoms with Gasteiger partial charge in [-0.2, -0.15) is 0 Å². The van der Waals surface area contributed by atoms with Gasteiger partial charge in [-0.25, -0.2) is 4.57 Å². The van der Waals surface area contributed by atoms with Crippen LogP contribution >= 0.6 is 7.82 Å². The zero-order valence-electron chi connectivity index (χ0n) is 37.4. The Morgan fingerprint density at radius 1 is 0.466 bits per heavy atom. The van der Waals surface area contributed by atoms with Crippen molar-refractivity contribution in [3.63, 3.8) is 0 Å². The molecule has 11 nitrogen and oxygen atoms in total. The van der Waals surface area contributed by atoms with E-state index in [1.165, 1.54) is 167 Å². The summed E-state index contributed by atoms with van der Waals surface area (Å²) in [4.78, 5) is 46.1. The maximum absolute atomic E-state index is 12.7. The molecule has 344 valence electrons. The Labute approximate surface area is 355 Å². The Morgan fingerprint density at radius 2 is 0.759 bits per heavy atom. The number of hydrogen-bond donors (Lipinski definition) is 3. The molecule has 0 aliphatic rings. The molecular weight excluding hydrogens is 757 g/mol. The van der Waals surface area contributed by atoms with Crippen LogP contribution in [-0.4, -0.2) is 59.9 Å². The molecule has 0 aromatic heterocycles. The van der Waals surface area contributed by atoms with E-state index in [0.717, 1.165) is 38.5 Å². The summed E-state index contributed by atoms with van der Waals surface area (Å²) in [5, 5.41) is 8.90. The molecule has 0 amide bonds. The van der Waals surface area contributed by atoms with Crippen LogP contribution in [0.15, 0.2) is 0 Å². The number of esters is 2. The molecule has 0 radical (unpaired) electrons. The maximum Gasteiger partial charge on any atom is 0.472 e. The number of aliphatic carboxylic acids is 1. The number of carboxylic acids is 1. The van der Waals surface area contributed by atoms with Gasteiger partial charge in [0.2, 0.25) is 0 Å². The Kier molecular flexibility index (Phi) is 41.1. The predicted molar refractivity (Wildman–Crippen MR) is 236 cm³/mol. The number of phosphoric acid groups is 1. The van der Waals surface area contributed by atoms with Gasteiger partial charge < -0.3 is 25.2 Å². The van der Waals surface area contributed by atoms with Crippen LogP contribution in [0, 0.1) is 0 Å². The van der Waals surface area contributed by atoms with Crippen LogP contribution in [-0.2, 0) is 37.5 Å². The largest absolute Gasteiger partial charge is 0.480 e. The molecule has 0 bridgehead atoms. The van der Waals surface area contributed by atoms with Crippen LogP contribution in [0.3, 0.4) is 0 Å². The van der Waals surface area contributed by atoms with Crippen LogP contribution in [0.1, 0.15) is 245 Å². The van der Waals surface area contributed by atoms with E-state index in [0.29, 0.717) is 12.8 Å². The number of carbonyl (C=O) groups excluding carboxylic acids is 2. The second kappa shape index (κ2) is 42.2. The third-order valence-electron chi connectivity index (χ3n) is 10.9. The van der Waals surface area contributed by atoms with E-state index >= 15 is 0 Å². The number of hydrogen-bond acceptors (Lipinski definition) is 9. The highest BCUT2D eigenvalue weighted by Crippen LogP contribution is 2.43. The van der Waals surface area contributed by atoms with Crippen molar-refractivity contribution in [2.45, 2.75) is 257 Å². The topological polar surface area (TPSA) is 172 Å². The molecule has 12 heteroatoms. The molecule has 4 N–H and O–H groups in total. The molecule has 0 spiro atoms. The third kappa shape index (κ3) is 41.2. The first-order valence-electron chi connectivity index (χ1n) is 24.1. The molecule has 0 aromatic carbocycles. The molecule has 0 saturated heterocycles. The van der Waals surface area contributed by atoms with Crippen LogP contribution < -0.4 is 5.73 Å². The highest BCUT2D eigenvalue weighted by Gasteiger charge is 2.28. The fourth-order valence-electron chi connectivity index (χ4n) is 7.07. The lowest BCUT2D eigenvalue weighted by Crippen LogP contribution is -2.34. The lowest BCUT2D eigenvalue weighted by Gasteiger charge is -2.20. The molecule has 0 aliphatic carbocycles. The summed E-state index contributed by atoms with van der Waals surface area (Å²) in [7, 11) is -4.71. The normalized spacial score (nSPS) is 13.6. The molecular formula is C46H90NO10P. The van der Waals surface area contributed by atoms with Gasteiger partial charge in [0.25, 0.3) is 0 Å². The van der Waals surface area contributed by atoms with Gasteiger partial charge in [0, 0.05) is 12.8 Å². The number of unbranched alkanes of at least 4 members (excludes halogenated alkanes) is 32. The minimum Gasteiger partial charge on any atom is -0.480 e. The SMILES string of the molecule is CCCCCCCCCCCCCCCCCCCC(=O)OCC(COP(=O)(O)OCC(N)C(=O)O)OC(=O)CCCCCCCCCCCCCCCCCCC. The smallest absolute Gasteiger partial charge is 0.472 e. The molecule has 0 heterocycles. The minimum absolute atomic E-state index is 0.170. The maximum atomic E-state index is 12.7. The van der Waals surface area contributed by atoms with Gasteiger partial charge in [-0.1, -0.05) is 219 Å². The molecule has 3 atom stereocenters. The Hall–Kier alpha value is -1.52. The van der Waals surface area contributed by atoms with Crippen molar-refractivity contribution in [3.05, 3.63) is 0 Å². The Morgan fingerprint density at radius 3 is 1.09 bits per heavy atom. The van der Waals surface area contributed by atoms with Gasteiger partial charge in [-0.15, -0.1) is 0 Å². The van der Waals surface area contributed by atoms with E-state index in [4.69, 9.17) is 24.8 Å². The number of ether oxygens (including phenoxy) is 2. The van der Waals surface area contributed by atoms with Crippen molar-refractivity contribution in [1.29, 1.82) is 0 Å². The van der Waals surface area contributed by atoms with Crippen LogP contribution in [0.5, 0.6) is 0 Å². The number of carbonyl (C=O) groups is 3. The highest BCUT2D eigenvalue weighted by molar-refractivity contribution is 7.47. The highest BCUT2D eigenvalue weighted by atomic mass is 31.2. The Balaban J connectivity index is 4.24. The van der Waals surface area contributed by atoms with E-state index in [1.807, 2.05) is 0 Å². The van der Waals surface area contributed by atoms with Crippen LogP contribution in [0.25, 0.3) is 0 Å². The van der Waals surface area contributed by atoms with E-state index in [2.05, 4.69) is 18.4 Å². The molecule has 0 aromatic rings. The van der Waals surface area contributed by atoms with Crippen molar-refractivity contribution in [1.82, 2.24) is 0 Å². The molecule has 58 heavy (non-hydrogen) atoms. The Bertz CT molecular complexity index is 1000. The molecule has 0 fully saturated rings. The van der Waals surface area contributed by atoms with E-state index in [-0.39, 0.29) is 19.4 Å². The van der Waals surface area contributed by atoms with Crippen LogP contribution in [0.4, 0.5) is 0 Å². The number of rotatable bonds is 46. The van der Waals surface area contributed by atoms with E-state index in [9.17, 15) is 23.8 Å². The van der Waals surface area contributed by atoms with Gasteiger partial charge in [0.15, 0.2) is 6.10 Å². The van der Waals surface area contributed by atoms with Crippen molar-refractivity contribution >= 4 is 25.7 Å². The summed E-state index contributed by atoms with van der Waals surface area (Å²) in [6.07, 6.45) is 41.6. The molecule has 0 saturated carbocycles. The monoisotopic (exact) mass is 848 g/mol. The quantitative estimate of drug-likeness (QED) is 0.0302. The number of phosphoric ester groups is 1. The second-order valence-corrected chi connectivity index (χ2v) is 18.1. The first kappa shape index (κ1) is 56.5. The van der Waals surface area contributed by atoms with Gasteiger partial charge in [-0.05, 0) is 12.8 Å². The fourth-order valence-corrected chi connectivity index (χ4v) is 7.85. The van der Waals surface area contributed by atoms with Gasteiger partial charge in [0.05, 0.1) is 13.2 Å². The third-order valence-corrected chi connectivity index (χ3v) is 11.8. The fraction of sp³-hybridized carbons (Fsp3) is 0.935. The summed E-state index contributed by atoms with van der Waals surface area (Å²) in [6.45, 7) is 2.86. The lowest BCUT2D eigenvalue weighted by molar-refractivity contribution is -0.161. The summed E-state index contributed by atoms with van der Waals surface area (Å²) in [5.74, 6) is -2.35. The molecule has 0 aliphatic heterocycles. The minimum atomic E-state index is -4.71. The van der Waals surface area contributed by atoms with Crippen LogP contribution in [0.2, 0.25) is 0 Å². The molecule has 0 rings (SSSR count). The van der Waals surface area contributed by atoms with Crippen molar-refractivity contribution < 1.29 is 47.5 Å². The average molecular weight is 848 g/mol. The summed E-state index contributed by atoms with van der Waals surface area (Å²) in [5.41, 5.74) is 5.34. The number of nitrogens with two attached hydrogens (primary N) is 1. The zero-order valence-corrected chi connectivity index (χ0v) is 38.3. The first-order chi connectivity index (χ1) is 28.1. The summed E-state index contributed by atoms with van der Waals surface area (Å²) in [6, 6.07) is -1.52. The number of carboxylic acid groups (broad SMARTS) is 1. The van der Waals surface area contributed by atoms with Crippen molar-refractivity contribution in [3.8, 4) is 0 Å². The van der Waals surface area contributed by atoms with Crippen molar-refractivity contribution in [2.24, 2.45) is 5.73 Å². The predicted octanol–water partition coefficient (Wildman–Crippen LogP) is 13.1. The van der Waals surface area contributed by atoms with E-state index in [1.54, 1.807) is 0 Å². The van der Waals surface area contributed by atoms with Gasteiger partial charge in [-0.3, -0.25) is 23.4 Å². The summed E-state index contributed by atoms with van der Waals surface area (Å²) >= 11 is 0. The second-order valence-electron chi connectivity index (χ2n) is 16.6. The standard InChI is InChI=1S/C46H90NO10P/c1-3-5-7-9-11-13-15-17-19-21-23-25-27-29-31-33-35-37-44(48)54-39-42(40-55-58(52,53)56-41-43(47)46(50)51)57-45(49)38-36-34-32-30-28-26-24-22-20-18-16-14-12-10-8-6-4-2/h42-43H,3-41,47H2,1-2H3,(H,50,51)(H,52,53). The first-order valence-corrected chi connectivity index (χ1v) is 25.6. The van der Waals surface area contributed by atoms with Crippen molar-refractivity contribution in [2.75, 3.05) is 19.8 Å². The van der Waals surface area contributed by atoms with E-state index < -0.39 is 51.1 Å². The lowest BCUT2D eigenvalue weighted by atomic mass is 10.0. The zero-order chi connectivity index (χ0) is 42.8. The summed E-state index contributed by atoms with van der Waals surface area (Å²) < 4.78 is 32.8. The van der Waals surface area contributed by atoms with Gasteiger partial charge in [0.1, 0.15) is 12.6 Å².